The van der Waals surface area contributed by atoms with Crippen LogP contribution in [0, 0.1) is 5.92 Å². The van der Waals surface area contributed by atoms with Gasteiger partial charge in [-0.1, -0.05) is 25.3 Å². The summed E-state index contributed by atoms with van der Waals surface area (Å²) >= 11 is 0. The quantitative estimate of drug-likeness (QED) is 0.726. The fourth-order valence-corrected chi connectivity index (χ4v) is 6.13. The minimum absolute atomic E-state index is 0.0268. The molecule has 1 N–H and O–H groups in total. The molecule has 0 spiro atoms. The molecule has 2 aliphatic carbocycles. The van der Waals surface area contributed by atoms with Crippen molar-refractivity contribution >= 4 is 21.8 Å². The van der Waals surface area contributed by atoms with E-state index in [0.29, 0.717) is 37.5 Å². The maximum atomic E-state index is 13.2. The number of hydrogen-bond acceptors (Lipinski definition) is 4. The highest BCUT2D eigenvalue weighted by atomic mass is 32.2. The molecule has 3 fully saturated rings. The van der Waals surface area contributed by atoms with Gasteiger partial charge in [0.1, 0.15) is 0 Å². The van der Waals surface area contributed by atoms with Gasteiger partial charge in [0.2, 0.25) is 15.9 Å². The van der Waals surface area contributed by atoms with Gasteiger partial charge in [0.05, 0.1) is 4.90 Å². The first-order valence-electron chi connectivity index (χ1n) is 11.5. The zero-order valence-electron chi connectivity index (χ0n) is 18.3. The largest absolute Gasteiger partial charge is 0.353 e. The molecule has 1 aliphatic heterocycles. The monoisotopic (exact) mass is 447 g/mol. The Balaban J connectivity index is 1.40. The molecule has 1 aromatic rings. The van der Waals surface area contributed by atoms with Crippen LogP contribution >= 0.6 is 0 Å². The van der Waals surface area contributed by atoms with Gasteiger partial charge < -0.3 is 10.2 Å². The number of carbonyl (C=O) groups excluding carboxylic acids is 2. The first-order chi connectivity index (χ1) is 14.9. The number of benzene rings is 1. The molecule has 1 heterocycles. The summed E-state index contributed by atoms with van der Waals surface area (Å²) in [6.07, 6.45) is 8.47. The molecule has 170 valence electrons. The van der Waals surface area contributed by atoms with E-state index >= 15 is 0 Å². The van der Waals surface area contributed by atoms with E-state index in [9.17, 15) is 18.0 Å². The third-order valence-electron chi connectivity index (χ3n) is 6.92. The molecule has 31 heavy (non-hydrogen) atoms. The van der Waals surface area contributed by atoms with Crippen LogP contribution in [-0.2, 0) is 14.8 Å². The van der Waals surface area contributed by atoms with Crippen molar-refractivity contribution in [2.45, 2.75) is 74.8 Å². The Hall–Kier alpha value is -1.93. The standard InChI is InChI=1S/C23H33N3O4S/c1-25(20-7-3-2-4-8-20)31(29,30)21-9-5-6-18(16-21)23(28)26-14-12-17(13-15-26)22(27)24-19-10-11-19/h5-6,9,16-17,19-20H,2-4,7-8,10-15H2,1H3,(H,24,27). The summed E-state index contributed by atoms with van der Waals surface area (Å²) in [5.74, 6) is -0.104. The van der Waals surface area contributed by atoms with Gasteiger partial charge >= 0.3 is 0 Å². The Labute approximate surface area is 185 Å². The SMILES string of the molecule is CN(C1CCCCC1)S(=O)(=O)c1cccc(C(=O)N2CCC(C(=O)NC3CC3)CC2)c1. The van der Waals surface area contributed by atoms with E-state index in [2.05, 4.69) is 5.32 Å². The summed E-state index contributed by atoms with van der Waals surface area (Å²) < 4.78 is 27.8. The molecule has 1 aromatic carbocycles. The van der Waals surface area contributed by atoms with Crippen LogP contribution in [0.15, 0.2) is 29.2 Å². The van der Waals surface area contributed by atoms with Crippen molar-refractivity contribution in [3.05, 3.63) is 29.8 Å². The number of piperidine rings is 1. The van der Waals surface area contributed by atoms with Crippen molar-refractivity contribution < 1.29 is 18.0 Å². The van der Waals surface area contributed by atoms with E-state index < -0.39 is 10.0 Å². The van der Waals surface area contributed by atoms with Gasteiger partial charge in [-0.2, -0.15) is 4.31 Å². The summed E-state index contributed by atoms with van der Waals surface area (Å²) in [5.41, 5.74) is 0.388. The lowest BCUT2D eigenvalue weighted by molar-refractivity contribution is -0.126. The lowest BCUT2D eigenvalue weighted by atomic mass is 9.95. The Morgan fingerprint density at radius 1 is 1.00 bits per heavy atom. The highest BCUT2D eigenvalue weighted by Crippen LogP contribution is 2.28. The lowest BCUT2D eigenvalue weighted by Crippen LogP contribution is -2.43. The van der Waals surface area contributed by atoms with E-state index in [0.717, 1.165) is 44.9 Å². The minimum Gasteiger partial charge on any atom is -0.353 e. The predicted octanol–water partition coefficient (Wildman–Crippen LogP) is 2.77. The average molecular weight is 448 g/mol. The molecule has 4 rings (SSSR count). The number of carbonyl (C=O) groups is 2. The number of amides is 2. The first-order valence-corrected chi connectivity index (χ1v) is 13.0. The maximum absolute atomic E-state index is 13.2. The fraction of sp³-hybridized carbons (Fsp3) is 0.652. The van der Waals surface area contributed by atoms with Crippen molar-refractivity contribution in [2.75, 3.05) is 20.1 Å². The first kappa shape index (κ1) is 22.3. The number of nitrogens with one attached hydrogen (secondary N) is 1. The number of nitrogens with zero attached hydrogens (tertiary/aromatic N) is 2. The van der Waals surface area contributed by atoms with Crippen LogP contribution in [-0.4, -0.2) is 61.7 Å². The number of likely N-dealkylation sites (tertiary alicyclic amines) is 1. The normalized spacial score (nSPS) is 21.3. The van der Waals surface area contributed by atoms with Crippen LogP contribution in [0.25, 0.3) is 0 Å². The Bertz CT molecular complexity index is 915. The summed E-state index contributed by atoms with van der Waals surface area (Å²) in [5, 5.41) is 3.05. The van der Waals surface area contributed by atoms with Crippen molar-refractivity contribution in [1.82, 2.24) is 14.5 Å². The Morgan fingerprint density at radius 3 is 2.32 bits per heavy atom. The highest BCUT2D eigenvalue weighted by Gasteiger charge is 2.32. The van der Waals surface area contributed by atoms with Gasteiger partial charge in [-0.15, -0.1) is 0 Å². The van der Waals surface area contributed by atoms with E-state index in [4.69, 9.17) is 0 Å². The minimum atomic E-state index is -3.64. The number of rotatable bonds is 6. The second kappa shape index (κ2) is 9.28. The van der Waals surface area contributed by atoms with Gasteiger partial charge in [-0.3, -0.25) is 9.59 Å². The fourth-order valence-electron chi connectivity index (χ4n) is 4.67. The summed E-state index contributed by atoms with van der Waals surface area (Å²) in [6, 6.07) is 6.77. The lowest BCUT2D eigenvalue weighted by Gasteiger charge is -2.32. The summed E-state index contributed by atoms with van der Waals surface area (Å²) in [6.45, 7) is 1.03. The molecule has 0 atom stereocenters. The van der Waals surface area contributed by atoms with E-state index in [-0.39, 0.29) is 28.7 Å². The maximum Gasteiger partial charge on any atom is 0.253 e. The van der Waals surface area contributed by atoms with Crippen LogP contribution in [0.4, 0.5) is 0 Å². The zero-order chi connectivity index (χ0) is 22.0. The molecule has 8 heteroatoms. The predicted molar refractivity (Wildman–Crippen MR) is 118 cm³/mol. The molecule has 0 bridgehead atoms. The molecule has 2 amide bonds. The van der Waals surface area contributed by atoms with Gasteiger partial charge in [-0.05, 0) is 56.7 Å². The molecule has 0 unspecified atom stereocenters. The van der Waals surface area contributed by atoms with E-state index in [1.54, 1.807) is 30.1 Å². The Kier molecular flexibility index (Phi) is 6.67. The van der Waals surface area contributed by atoms with Crippen LogP contribution < -0.4 is 5.32 Å². The van der Waals surface area contributed by atoms with E-state index in [1.165, 1.54) is 10.4 Å². The Morgan fingerprint density at radius 2 is 1.68 bits per heavy atom. The molecule has 0 radical (unpaired) electrons. The number of sulfonamides is 1. The summed E-state index contributed by atoms with van der Waals surface area (Å²) in [4.78, 5) is 27.2. The van der Waals surface area contributed by atoms with Crippen molar-refractivity contribution in [3.63, 3.8) is 0 Å². The van der Waals surface area contributed by atoms with E-state index in [1.807, 2.05) is 0 Å². The average Bonchev–Trinajstić information content (AvgIpc) is 3.63. The topological polar surface area (TPSA) is 86.8 Å². The smallest absolute Gasteiger partial charge is 0.253 e. The number of hydrogen-bond donors (Lipinski definition) is 1. The molecule has 1 saturated heterocycles. The second-order valence-electron chi connectivity index (χ2n) is 9.19. The highest BCUT2D eigenvalue weighted by molar-refractivity contribution is 7.89. The third-order valence-corrected chi connectivity index (χ3v) is 8.83. The van der Waals surface area contributed by atoms with Gasteiger partial charge in [0.15, 0.2) is 0 Å². The van der Waals surface area contributed by atoms with Crippen LogP contribution in [0.3, 0.4) is 0 Å². The van der Waals surface area contributed by atoms with Crippen molar-refractivity contribution in [2.24, 2.45) is 5.92 Å². The summed E-state index contributed by atoms with van der Waals surface area (Å²) in [7, 11) is -1.99. The van der Waals surface area contributed by atoms with Gasteiger partial charge in [0, 0.05) is 43.7 Å². The van der Waals surface area contributed by atoms with Crippen LogP contribution in [0.1, 0.15) is 68.1 Å². The zero-order valence-corrected chi connectivity index (χ0v) is 19.1. The third kappa shape index (κ3) is 5.12. The van der Waals surface area contributed by atoms with Crippen LogP contribution in [0.5, 0.6) is 0 Å². The van der Waals surface area contributed by atoms with Crippen molar-refractivity contribution in [3.8, 4) is 0 Å². The molecule has 7 nitrogen and oxygen atoms in total. The second-order valence-corrected chi connectivity index (χ2v) is 11.2. The molecule has 3 aliphatic rings. The van der Waals surface area contributed by atoms with Gasteiger partial charge in [-0.25, -0.2) is 8.42 Å². The molecule has 2 saturated carbocycles. The van der Waals surface area contributed by atoms with Crippen LogP contribution in [0.2, 0.25) is 0 Å². The van der Waals surface area contributed by atoms with Crippen molar-refractivity contribution in [1.29, 1.82) is 0 Å². The molecular weight excluding hydrogens is 414 g/mol. The molecule has 0 aromatic heterocycles. The molecular formula is C23H33N3O4S. The van der Waals surface area contributed by atoms with Gasteiger partial charge in [0.25, 0.3) is 5.91 Å².